The first-order valence-electron chi connectivity index (χ1n) is 7.74. The van der Waals surface area contributed by atoms with E-state index < -0.39 is 12.1 Å². The predicted octanol–water partition coefficient (Wildman–Crippen LogP) is 2.61. The lowest BCUT2D eigenvalue weighted by atomic mass is 10.2. The first-order valence-corrected chi connectivity index (χ1v) is 7.74. The molecule has 0 atom stereocenters. The van der Waals surface area contributed by atoms with E-state index in [0.29, 0.717) is 12.4 Å². The second-order valence-corrected chi connectivity index (χ2v) is 5.04. The smallest absolute Gasteiger partial charge is 0.411 e. The quantitative estimate of drug-likeness (QED) is 0.395. The number of hydrogen-bond acceptors (Lipinski definition) is 5. The average molecular weight is 333 g/mol. The van der Waals surface area contributed by atoms with E-state index in [-0.39, 0.29) is 19.7 Å². The van der Waals surface area contributed by atoms with E-state index in [1.165, 1.54) is 0 Å². The maximum absolute atomic E-state index is 12.1. The Morgan fingerprint density at radius 2 is 1.92 bits per heavy atom. The molecule has 1 amide bonds. The fraction of sp³-hybridized carbons (Fsp3) is 0.444. The number of hydrogen-bond donors (Lipinski definition) is 0. The lowest BCUT2D eigenvalue weighted by molar-refractivity contribution is -0.144. The van der Waals surface area contributed by atoms with Crippen molar-refractivity contribution in [1.29, 1.82) is 0 Å². The molecule has 6 heteroatoms. The number of esters is 1. The summed E-state index contributed by atoms with van der Waals surface area (Å²) in [5, 5.41) is 0. The second-order valence-electron chi connectivity index (χ2n) is 5.04. The second kappa shape index (κ2) is 10.9. The van der Waals surface area contributed by atoms with Gasteiger partial charge in [-0.3, -0.25) is 9.69 Å². The molecule has 0 aliphatic carbocycles. The molecule has 0 bridgehead atoms. The van der Waals surface area contributed by atoms with Crippen molar-refractivity contribution in [2.45, 2.75) is 26.4 Å². The van der Waals surface area contributed by atoms with Crippen LogP contribution in [0.3, 0.4) is 0 Å². The number of terminal acetylenes is 1. The zero-order valence-corrected chi connectivity index (χ0v) is 14.1. The maximum Gasteiger partial charge on any atom is 0.411 e. The van der Waals surface area contributed by atoms with Gasteiger partial charge in [-0.15, -0.1) is 6.42 Å². The van der Waals surface area contributed by atoms with Gasteiger partial charge in [0.1, 0.15) is 18.9 Å². The van der Waals surface area contributed by atoms with Crippen LogP contribution in [0.1, 0.15) is 25.3 Å². The van der Waals surface area contributed by atoms with E-state index in [9.17, 15) is 9.59 Å². The van der Waals surface area contributed by atoms with E-state index in [0.717, 1.165) is 23.3 Å². The summed E-state index contributed by atoms with van der Waals surface area (Å²) in [5.74, 6) is 2.55. The van der Waals surface area contributed by atoms with Crippen LogP contribution in [0.25, 0.3) is 0 Å². The molecule has 0 aromatic heterocycles. The van der Waals surface area contributed by atoms with Gasteiger partial charge in [0.15, 0.2) is 0 Å². The van der Waals surface area contributed by atoms with Crippen LogP contribution in [-0.4, -0.2) is 43.8 Å². The zero-order chi connectivity index (χ0) is 17.8. The molecule has 0 heterocycles. The number of carbonyl (C=O) groups excluding carboxylic acids is 2. The molecule has 0 saturated heterocycles. The van der Waals surface area contributed by atoms with Gasteiger partial charge in [0.2, 0.25) is 0 Å². The molecule has 0 spiro atoms. The highest BCUT2D eigenvalue weighted by Crippen LogP contribution is 2.12. The van der Waals surface area contributed by atoms with Crippen LogP contribution in [0.5, 0.6) is 5.75 Å². The molecule has 0 fully saturated rings. The Morgan fingerprint density at radius 1 is 1.21 bits per heavy atom. The van der Waals surface area contributed by atoms with Crippen molar-refractivity contribution in [1.82, 2.24) is 4.90 Å². The summed E-state index contributed by atoms with van der Waals surface area (Å²) < 4.78 is 15.3. The number of benzene rings is 1. The molecular weight excluding hydrogens is 310 g/mol. The van der Waals surface area contributed by atoms with Gasteiger partial charge in [0, 0.05) is 0 Å². The molecule has 1 aromatic rings. The molecule has 0 radical (unpaired) electrons. The Kier molecular flexibility index (Phi) is 8.84. The third-order valence-electron chi connectivity index (χ3n) is 3.14. The Morgan fingerprint density at radius 3 is 2.50 bits per heavy atom. The maximum atomic E-state index is 12.1. The summed E-state index contributed by atoms with van der Waals surface area (Å²) >= 11 is 0. The number of nitrogens with zero attached hydrogens (tertiary/aromatic N) is 1. The van der Waals surface area contributed by atoms with Gasteiger partial charge in [-0.25, -0.2) is 4.79 Å². The van der Waals surface area contributed by atoms with Crippen LogP contribution in [0.15, 0.2) is 24.3 Å². The summed E-state index contributed by atoms with van der Waals surface area (Å²) in [6.45, 7) is 2.16. The van der Waals surface area contributed by atoms with Crippen LogP contribution in [0.4, 0.5) is 4.79 Å². The lowest BCUT2D eigenvalue weighted by Crippen LogP contribution is -2.37. The molecule has 24 heavy (non-hydrogen) atoms. The van der Waals surface area contributed by atoms with Crippen LogP contribution in [0, 0.1) is 12.3 Å². The monoisotopic (exact) mass is 333 g/mol. The molecule has 6 nitrogen and oxygen atoms in total. The van der Waals surface area contributed by atoms with Gasteiger partial charge in [-0.1, -0.05) is 31.4 Å². The van der Waals surface area contributed by atoms with Crippen molar-refractivity contribution in [3.63, 3.8) is 0 Å². The van der Waals surface area contributed by atoms with Crippen LogP contribution in [0.2, 0.25) is 0 Å². The van der Waals surface area contributed by atoms with E-state index >= 15 is 0 Å². The van der Waals surface area contributed by atoms with Crippen molar-refractivity contribution in [2.24, 2.45) is 0 Å². The summed E-state index contributed by atoms with van der Waals surface area (Å²) in [6.07, 6.45) is 6.28. The topological polar surface area (TPSA) is 65.1 Å². The number of ether oxygens (including phenoxy) is 3. The molecular formula is C18H23NO5. The summed E-state index contributed by atoms with van der Waals surface area (Å²) in [6, 6.07) is 7.12. The van der Waals surface area contributed by atoms with E-state index in [4.69, 9.17) is 20.6 Å². The van der Waals surface area contributed by atoms with Gasteiger partial charge in [-0.2, -0.15) is 0 Å². The van der Waals surface area contributed by atoms with Crippen LogP contribution >= 0.6 is 0 Å². The van der Waals surface area contributed by atoms with Gasteiger partial charge in [0.05, 0.1) is 20.3 Å². The first-order chi connectivity index (χ1) is 11.6. The Bertz CT molecular complexity index is 562. The van der Waals surface area contributed by atoms with Gasteiger partial charge in [-0.05, 0) is 24.1 Å². The highest BCUT2D eigenvalue weighted by Gasteiger charge is 2.18. The molecule has 1 aromatic carbocycles. The molecule has 0 aliphatic heterocycles. The average Bonchev–Trinajstić information content (AvgIpc) is 2.60. The van der Waals surface area contributed by atoms with E-state index in [1.54, 1.807) is 31.4 Å². The Hall–Kier alpha value is -2.68. The molecule has 1 rings (SSSR count). The largest absolute Gasteiger partial charge is 0.497 e. The molecule has 130 valence electrons. The SMILES string of the molecule is C#CCN(CC(=O)OCCCC)C(=O)OCc1ccc(OC)cc1. The number of methoxy groups -OCH3 is 1. The lowest BCUT2D eigenvalue weighted by Gasteiger charge is -2.19. The fourth-order valence-electron chi connectivity index (χ4n) is 1.79. The third-order valence-corrected chi connectivity index (χ3v) is 3.14. The molecule has 0 aliphatic rings. The predicted molar refractivity (Wildman–Crippen MR) is 89.5 cm³/mol. The molecule has 0 saturated carbocycles. The Balaban J connectivity index is 2.49. The van der Waals surface area contributed by atoms with Gasteiger partial charge in [0.25, 0.3) is 0 Å². The summed E-state index contributed by atoms with van der Waals surface area (Å²) in [7, 11) is 1.58. The number of carbonyl (C=O) groups is 2. The minimum atomic E-state index is -0.656. The third kappa shape index (κ3) is 7.05. The zero-order valence-electron chi connectivity index (χ0n) is 14.1. The first kappa shape index (κ1) is 19.4. The molecule has 0 unspecified atom stereocenters. The highest BCUT2D eigenvalue weighted by atomic mass is 16.6. The van der Waals surface area contributed by atoms with Gasteiger partial charge >= 0.3 is 12.1 Å². The number of unbranched alkanes of at least 4 members (excludes halogenated alkanes) is 1. The van der Waals surface area contributed by atoms with E-state index in [2.05, 4.69) is 5.92 Å². The molecule has 0 N–H and O–H groups in total. The summed E-state index contributed by atoms with van der Waals surface area (Å²) in [5.41, 5.74) is 0.801. The normalized spacial score (nSPS) is 9.71. The standard InChI is InChI=1S/C18H23NO5/c1-4-6-12-23-17(20)13-19(11-5-2)18(21)24-14-15-7-9-16(22-3)10-8-15/h2,7-10H,4,6,11-14H2,1,3H3. The van der Waals surface area contributed by atoms with Crippen molar-refractivity contribution in [3.8, 4) is 18.1 Å². The highest BCUT2D eigenvalue weighted by molar-refractivity contribution is 5.78. The minimum Gasteiger partial charge on any atom is -0.497 e. The van der Waals surface area contributed by atoms with Crippen molar-refractivity contribution < 1.29 is 23.8 Å². The van der Waals surface area contributed by atoms with Crippen molar-refractivity contribution in [3.05, 3.63) is 29.8 Å². The summed E-state index contributed by atoms with van der Waals surface area (Å²) in [4.78, 5) is 24.9. The van der Waals surface area contributed by atoms with Crippen molar-refractivity contribution in [2.75, 3.05) is 26.8 Å². The number of amides is 1. The van der Waals surface area contributed by atoms with Gasteiger partial charge < -0.3 is 14.2 Å². The fourth-order valence-corrected chi connectivity index (χ4v) is 1.79. The van der Waals surface area contributed by atoms with Crippen LogP contribution < -0.4 is 4.74 Å². The Labute approximate surface area is 142 Å². The number of rotatable bonds is 9. The minimum absolute atomic E-state index is 0.0235. The van der Waals surface area contributed by atoms with Crippen LogP contribution in [-0.2, 0) is 20.9 Å². The van der Waals surface area contributed by atoms with E-state index in [1.807, 2.05) is 6.92 Å². The van der Waals surface area contributed by atoms with Crippen molar-refractivity contribution >= 4 is 12.1 Å².